The first-order valence-corrected chi connectivity index (χ1v) is 7.66. The van der Waals surface area contributed by atoms with Crippen molar-refractivity contribution in [3.63, 3.8) is 0 Å². The van der Waals surface area contributed by atoms with E-state index in [1.165, 1.54) is 36.9 Å². The minimum absolute atomic E-state index is 0.698. The molecule has 0 amide bonds. The molecule has 1 aromatic heterocycles. The summed E-state index contributed by atoms with van der Waals surface area (Å²) in [5.41, 5.74) is 3.55. The molecular formula is C15H22BrNO. The fourth-order valence-corrected chi connectivity index (χ4v) is 3.81. The maximum atomic E-state index is 5.48. The third-order valence-electron chi connectivity index (χ3n) is 3.95. The van der Waals surface area contributed by atoms with Crippen LogP contribution in [0.15, 0.2) is 6.20 Å². The van der Waals surface area contributed by atoms with Gasteiger partial charge in [-0.3, -0.25) is 4.98 Å². The summed E-state index contributed by atoms with van der Waals surface area (Å²) in [5.74, 6) is 1.77. The number of alkyl halides is 1. The first-order valence-electron chi connectivity index (χ1n) is 6.75. The van der Waals surface area contributed by atoms with Crippen LogP contribution in [0.3, 0.4) is 0 Å². The quantitative estimate of drug-likeness (QED) is 0.780. The third kappa shape index (κ3) is 3.05. The Morgan fingerprint density at radius 1 is 1.39 bits per heavy atom. The molecule has 2 unspecified atom stereocenters. The van der Waals surface area contributed by atoms with Gasteiger partial charge in [0.05, 0.1) is 7.11 Å². The molecule has 1 aromatic rings. The maximum absolute atomic E-state index is 5.48. The van der Waals surface area contributed by atoms with Crippen LogP contribution < -0.4 is 4.74 Å². The number of hydrogen-bond acceptors (Lipinski definition) is 2. The van der Waals surface area contributed by atoms with Gasteiger partial charge in [0.2, 0.25) is 0 Å². The fourth-order valence-electron chi connectivity index (χ4n) is 2.96. The molecule has 1 fully saturated rings. The van der Waals surface area contributed by atoms with E-state index in [1.807, 2.05) is 6.20 Å². The largest absolute Gasteiger partial charge is 0.496 e. The molecule has 0 saturated heterocycles. The van der Waals surface area contributed by atoms with Crippen molar-refractivity contribution >= 4 is 15.9 Å². The number of ether oxygens (including phenoxy) is 1. The van der Waals surface area contributed by atoms with Gasteiger partial charge in [0.25, 0.3) is 0 Å². The van der Waals surface area contributed by atoms with Crippen LogP contribution in [0.2, 0.25) is 0 Å². The molecule has 100 valence electrons. The second-order valence-electron chi connectivity index (χ2n) is 5.38. The predicted molar refractivity (Wildman–Crippen MR) is 78.6 cm³/mol. The van der Waals surface area contributed by atoms with Crippen LogP contribution in [0.5, 0.6) is 5.75 Å². The molecule has 0 N–H and O–H groups in total. The minimum atomic E-state index is 0.698. The third-order valence-corrected chi connectivity index (χ3v) is 4.78. The van der Waals surface area contributed by atoms with Crippen molar-refractivity contribution in [1.82, 2.24) is 4.98 Å². The highest BCUT2D eigenvalue weighted by atomic mass is 79.9. The molecule has 1 aliphatic rings. The number of hydrogen-bond donors (Lipinski definition) is 0. The summed E-state index contributed by atoms with van der Waals surface area (Å²) in [6.07, 6.45) is 8.29. The molecule has 2 atom stereocenters. The summed E-state index contributed by atoms with van der Waals surface area (Å²) < 4.78 is 5.48. The van der Waals surface area contributed by atoms with E-state index in [4.69, 9.17) is 4.74 Å². The van der Waals surface area contributed by atoms with Gasteiger partial charge in [-0.15, -0.1) is 0 Å². The lowest BCUT2D eigenvalue weighted by molar-refractivity contribution is 0.362. The number of pyridine rings is 1. The van der Waals surface area contributed by atoms with Crippen LogP contribution in [0, 0.1) is 19.8 Å². The fraction of sp³-hybridized carbons (Fsp3) is 0.667. The normalized spacial score (nSPS) is 24.0. The molecule has 0 radical (unpaired) electrons. The van der Waals surface area contributed by atoms with Crippen molar-refractivity contribution in [3.05, 3.63) is 23.0 Å². The van der Waals surface area contributed by atoms with Crippen LogP contribution in [0.1, 0.15) is 42.5 Å². The molecular weight excluding hydrogens is 290 g/mol. The smallest absolute Gasteiger partial charge is 0.128 e. The van der Waals surface area contributed by atoms with Gasteiger partial charge >= 0.3 is 0 Å². The summed E-state index contributed by atoms with van der Waals surface area (Å²) in [6.45, 7) is 4.18. The number of nitrogens with zero attached hydrogens (tertiary/aromatic N) is 1. The molecule has 0 aliphatic heterocycles. The molecule has 0 spiro atoms. The second-order valence-corrected chi connectivity index (χ2v) is 6.68. The summed E-state index contributed by atoms with van der Waals surface area (Å²) in [4.78, 5) is 5.31. The monoisotopic (exact) mass is 311 g/mol. The van der Waals surface area contributed by atoms with Gasteiger partial charge < -0.3 is 4.74 Å². The molecule has 2 nitrogen and oxygen atoms in total. The van der Waals surface area contributed by atoms with Crippen molar-refractivity contribution in [2.45, 2.75) is 50.8 Å². The Morgan fingerprint density at radius 3 is 2.83 bits per heavy atom. The van der Waals surface area contributed by atoms with E-state index in [9.17, 15) is 0 Å². The van der Waals surface area contributed by atoms with Crippen molar-refractivity contribution < 1.29 is 4.74 Å². The first-order chi connectivity index (χ1) is 8.61. The van der Waals surface area contributed by atoms with Crippen LogP contribution in [0.4, 0.5) is 0 Å². The summed E-state index contributed by atoms with van der Waals surface area (Å²) in [7, 11) is 1.74. The molecule has 1 saturated carbocycles. The number of methoxy groups -OCH3 is 1. The van der Waals surface area contributed by atoms with E-state index in [0.29, 0.717) is 4.83 Å². The highest BCUT2D eigenvalue weighted by Crippen LogP contribution is 2.33. The SMILES string of the molecule is COc1c(C)cnc(CC2CCCC(Br)C2)c1C. The second kappa shape index (κ2) is 6.05. The molecule has 2 rings (SSSR count). The minimum Gasteiger partial charge on any atom is -0.496 e. The first kappa shape index (κ1) is 13.9. The molecule has 3 heteroatoms. The predicted octanol–water partition coefficient (Wildman–Crippen LogP) is 4.20. The van der Waals surface area contributed by atoms with Crippen molar-refractivity contribution in [2.75, 3.05) is 7.11 Å². The van der Waals surface area contributed by atoms with E-state index in [2.05, 4.69) is 34.8 Å². The van der Waals surface area contributed by atoms with Crippen molar-refractivity contribution in [3.8, 4) is 5.75 Å². The van der Waals surface area contributed by atoms with Gasteiger partial charge in [-0.25, -0.2) is 0 Å². The highest BCUT2D eigenvalue weighted by molar-refractivity contribution is 9.09. The average molecular weight is 312 g/mol. The van der Waals surface area contributed by atoms with Crippen LogP contribution >= 0.6 is 15.9 Å². The molecule has 1 heterocycles. The van der Waals surface area contributed by atoms with Crippen molar-refractivity contribution in [1.29, 1.82) is 0 Å². The van der Waals surface area contributed by atoms with Gasteiger partial charge in [-0.2, -0.15) is 0 Å². The van der Waals surface area contributed by atoms with E-state index >= 15 is 0 Å². The van der Waals surface area contributed by atoms with E-state index in [0.717, 1.165) is 23.7 Å². The van der Waals surface area contributed by atoms with Crippen LogP contribution in [0.25, 0.3) is 0 Å². The van der Waals surface area contributed by atoms with E-state index in [-0.39, 0.29) is 0 Å². The number of rotatable bonds is 3. The van der Waals surface area contributed by atoms with Crippen LogP contribution in [-0.2, 0) is 6.42 Å². The Bertz CT molecular complexity index is 419. The Balaban J connectivity index is 2.14. The Kier molecular flexibility index (Phi) is 4.66. The van der Waals surface area contributed by atoms with Crippen molar-refractivity contribution in [2.24, 2.45) is 5.92 Å². The zero-order valence-electron chi connectivity index (χ0n) is 11.5. The van der Waals surface area contributed by atoms with Gasteiger partial charge in [-0.05, 0) is 45.4 Å². The number of aryl methyl sites for hydroxylation is 1. The zero-order chi connectivity index (χ0) is 13.1. The number of halogens is 1. The summed E-state index contributed by atoms with van der Waals surface area (Å²) >= 11 is 3.76. The lowest BCUT2D eigenvalue weighted by Gasteiger charge is -2.26. The van der Waals surface area contributed by atoms with Gasteiger partial charge in [0, 0.05) is 27.8 Å². The Morgan fingerprint density at radius 2 is 2.17 bits per heavy atom. The van der Waals surface area contributed by atoms with Crippen LogP contribution in [-0.4, -0.2) is 16.9 Å². The standard InChI is InChI=1S/C15H22BrNO/c1-10-9-17-14(11(2)15(10)18-3)8-12-5-4-6-13(16)7-12/h9,12-13H,4-8H2,1-3H3. The highest BCUT2D eigenvalue weighted by Gasteiger charge is 2.22. The van der Waals surface area contributed by atoms with Gasteiger partial charge in [0.1, 0.15) is 5.75 Å². The molecule has 1 aliphatic carbocycles. The van der Waals surface area contributed by atoms with E-state index < -0.39 is 0 Å². The lowest BCUT2D eigenvalue weighted by atomic mass is 9.85. The molecule has 0 aromatic carbocycles. The summed E-state index contributed by atoms with van der Waals surface area (Å²) in [6, 6.07) is 0. The molecule has 0 bridgehead atoms. The van der Waals surface area contributed by atoms with Gasteiger partial charge in [-0.1, -0.05) is 22.4 Å². The zero-order valence-corrected chi connectivity index (χ0v) is 13.1. The topological polar surface area (TPSA) is 22.1 Å². The number of aromatic nitrogens is 1. The molecule has 18 heavy (non-hydrogen) atoms. The van der Waals surface area contributed by atoms with E-state index in [1.54, 1.807) is 7.11 Å². The maximum Gasteiger partial charge on any atom is 0.128 e. The Hall–Kier alpha value is -0.570. The summed E-state index contributed by atoms with van der Waals surface area (Å²) in [5, 5.41) is 0. The lowest BCUT2D eigenvalue weighted by Crippen LogP contribution is -2.18. The Labute approximate surface area is 118 Å². The average Bonchev–Trinajstić information content (AvgIpc) is 2.34. The van der Waals surface area contributed by atoms with Gasteiger partial charge in [0.15, 0.2) is 0 Å².